The van der Waals surface area contributed by atoms with Crippen LogP contribution < -0.4 is 5.73 Å². The van der Waals surface area contributed by atoms with Crippen LogP contribution in [0.4, 0.5) is 13.2 Å². The second-order valence-electron chi connectivity index (χ2n) is 2.99. The molecule has 1 aliphatic heterocycles. The first-order valence-corrected chi connectivity index (χ1v) is 5.22. The van der Waals surface area contributed by atoms with Crippen molar-refractivity contribution in [3.8, 4) is 6.19 Å². The summed E-state index contributed by atoms with van der Waals surface area (Å²) < 4.78 is 37.6. The van der Waals surface area contributed by atoms with Gasteiger partial charge in [0.05, 0.1) is 12.3 Å². The minimum absolute atomic E-state index is 0.106. The molecule has 1 heterocycles. The molecule has 0 radical (unpaired) electrons. The van der Waals surface area contributed by atoms with E-state index >= 15 is 0 Å². The van der Waals surface area contributed by atoms with Crippen molar-refractivity contribution in [1.29, 1.82) is 5.26 Å². The Balaban J connectivity index is 2.99. The molecular weight excluding hydrogens is 245 g/mol. The van der Waals surface area contributed by atoms with Crippen LogP contribution in [0.15, 0.2) is 4.99 Å². The highest BCUT2D eigenvalue weighted by Crippen LogP contribution is 2.42. The minimum Gasteiger partial charge on any atom is -0.362 e. The van der Waals surface area contributed by atoms with Crippen molar-refractivity contribution in [3.63, 3.8) is 0 Å². The van der Waals surface area contributed by atoms with Crippen LogP contribution in [0.2, 0.25) is 0 Å². The van der Waals surface area contributed by atoms with E-state index in [0.717, 1.165) is 0 Å². The Morgan fingerprint density at radius 3 is 2.75 bits per heavy atom. The lowest BCUT2D eigenvalue weighted by atomic mass is 10.2. The summed E-state index contributed by atoms with van der Waals surface area (Å²) in [4.78, 5) is 3.87. The molecule has 3 N–H and O–H groups in total. The maximum Gasteiger partial charge on any atom is 0.438 e. The van der Waals surface area contributed by atoms with Gasteiger partial charge in [-0.25, -0.2) is 4.90 Å². The summed E-state index contributed by atoms with van der Waals surface area (Å²) in [6, 6.07) is 0. The zero-order chi connectivity index (χ0) is 12.4. The summed E-state index contributed by atoms with van der Waals surface area (Å²) >= 11 is 0.677. The Kier molecular flexibility index (Phi) is 3.67. The summed E-state index contributed by atoms with van der Waals surface area (Å²) in [5.74, 6) is -0.673. The smallest absolute Gasteiger partial charge is 0.362 e. The van der Waals surface area contributed by atoms with Crippen LogP contribution in [0, 0.1) is 11.5 Å². The number of halogens is 3. The highest BCUT2D eigenvalue weighted by molar-refractivity contribution is 8.14. The van der Waals surface area contributed by atoms with E-state index in [2.05, 4.69) is 4.99 Å². The SMILES string of the molecule is N#CN1/C(=N/CCN)SCC1(O)C(F)(F)F. The number of hydrogen-bond acceptors (Lipinski definition) is 5. The Bertz CT molecular complexity index is 340. The molecule has 1 saturated heterocycles. The number of alkyl halides is 3. The zero-order valence-electron chi connectivity index (χ0n) is 8.03. The lowest BCUT2D eigenvalue weighted by Gasteiger charge is -2.29. The molecule has 0 spiro atoms. The second kappa shape index (κ2) is 4.48. The van der Waals surface area contributed by atoms with Crippen LogP contribution in [-0.4, -0.2) is 45.9 Å². The van der Waals surface area contributed by atoms with Crippen LogP contribution in [0.5, 0.6) is 0 Å². The van der Waals surface area contributed by atoms with Gasteiger partial charge in [0.2, 0.25) is 0 Å². The quantitative estimate of drug-likeness (QED) is 0.682. The Morgan fingerprint density at radius 2 is 2.31 bits per heavy atom. The van der Waals surface area contributed by atoms with Crippen molar-refractivity contribution in [3.05, 3.63) is 0 Å². The van der Waals surface area contributed by atoms with Crippen molar-refractivity contribution in [2.24, 2.45) is 10.7 Å². The highest BCUT2D eigenvalue weighted by Gasteiger charge is 2.63. The van der Waals surface area contributed by atoms with Gasteiger partial charge in [0.1, 0.15) is 0 Å². The molecule has 0 aromatic heterocycles. The van der Waals surface area contributed by atoms with Gasteiger partial charge in [0, 0.05) is 6.54 Å². The van der Waals surface area contributed by atoms with Crippen LogP contribution in [0.3, 0.4) is 0 Å². The van der Waals surface area contributed by atoms with Gasteiger partial charge in [-0.1, -0.05) is 11.8 Å². The number of thioether (sulfide) groups is 1. The highest BCUT2D eigenvalue weighted by atomic mass is 32.2. The average molecular weight is 254 g/mol. The number of amidine groups is 1. The number of aliphatic imine (C=N–C) groups is 1. The monoisotopic (exact) mass is 254 g/mol. The first-order chi connectivity index (χ1) is 7.36. The van der Waals surface area contributed by atoms with Crippen molar-refractivity contribution >= 4 is 16.9 Å². The zero-order valence-corrected chi connectivity index (χ0v) is 8.85. The average Bonchev–Trinajstić information content (AvgIpc) is 2.52. The van der Waals surface area contributed by atoms with Gasteiger partial charge in [-0.2, -0.15) is 18.4 Å². The van der Waals surface area contributed by atoms with Crippen LogP contribution in [0.25, 0.3) is 0 Å². The number of hydrogen-bond donors (Lipinski definition) is 2. The molecule has 1 rings (SSSR count). The van der Waals surface area contributed by atoms with Gasteiger partial charge in [0.15, 0.2) is 11.4 Å². The minimum atomic E-state index is -4.91. The topological polar surface area (TPSA) is 85.6 Å². The summed E-state index contributed by atoms with van der Waals surface area (Å²) in [6.07, 6.45) is -3.62. The predicted octanol–water partition coefficient (Wildman–Crippen LogP) is 0.0819. The van der Waals surface area contributed by atoms with E-state index in [1.54, 1.807) is 0 Å². The Morgan fingerprint density at radius 1 is 1.69 bits per heavy atom. The van der Waals surface area contributed by atoms with E-state index in [1.807, 2.05) is 0 Å². The Hall–Kier alpha value is -0.980. The first-order valence-electron chi connectivity index (χ1n) is 4.23. The van der Waals surface area contributed by atoms with E-state index in [9.17, 15) is 18.3 Å². The van der Waals surface area contributed by atoms with Crippen molar-refractivity contribution < 1.29 is 18.3 Å². The van der Waals surface area contributed by atoms with E-state index in [0.29, 0.717) is 11.8 Å². The lowest BCUT2D eigenvalue weighted by molar-refractivity contribution is -0.280. The molecule has 1 aliphatic rings. The number of aliphatic hydroxyl groups is 1. The third kappa shape index (κ3) is 2.09. The van der Waals surface area contributed by atoms with Crippen molar-refractivity contribution in [2.45, 2.75) is 11.9 Å². The molecule has 1 atom stereocenters. The summed E-state index contributed by atoms with van der Waals surface area (Å²) in [6.45, 7) is 0.266. The van der Waals surface area contributed by atoms with Gasteiger partial charge >= 0.3 is 6.18 Å². The predicted molar refractivity (Wildman–Crippen MR) is 52.3 cm³/mol. The number of rotatable bonds is 2. The third-order valence-electron chi connectivity index (χ3n) is 1.89. The van der Waals surface area contributed by atoms with E-state index in [-0.39, 0.29) is 23.2 Å². The van der Waals surface area contributed by atoms with Crippen LogP contribution in [-0.2, 0) is 0 Å². The number of nitrogens with zero attached hydrogens (tertiary/aromatic N) is 3. The molecule has 90 valence electrons. The molecular formula is C7H9F3N4OS. The van der Waals surface area contributed by atoms with Crippen molar-refractivity contribution in [2.75, 3.05) is 18.8 Å². The van der Waals surface area contributed by atoms with E-state index < -0.39 is 17.7 Å². The molecule has 0 saturated carbocycles. The summed E-state index contributed by atoms with van der Waals surface area (Å²) in [7, 11) is 0. The standard InChI is InChI=1S/C7H9F3N4OS/c8-7(9,10)6(15)3-16-5(13-2-1-11)14(6)4-12/h15H,1-3,11H2/b13-5-. The molecule has 5 nitrogen and oxygen atoms in total. The molecule has 1 unspecified atom stereocenters. The second-order valence-corrected chi connectivity index (χ2v) is 3.93. The number of nitrogens with two attached hydrogens (primary N) is 1. The normalized spacial score (nSPS) is 28.5. The van der Waals surface area contributed by atoms with Gasteiger partial charge in [-0.3, -0.25) is 4.99 Å². The van der Waals surface area contributed by atoms with Gasteiger partial charge in [0.25, 0.3) is 5.72 Å². The fraction of sp³-hybridized carbons (Fsp3) is 0.714. The lowest BCUT2D eigenvalue weighted by Crippen LogP contribution is -2.56. The molecule has 0 bridgehead atoms. The van der Waals surface area contributed by atoms with Gasteiger partial charge in [-0.15, -0.1) is 0 Å². The maximum atomic E-state index is 12.5. The molecule has 0 amide bonds. The molecule has 9 heteroatoms. The van der Waals surface area contributed by atoms with Gasteiger partial charge in [-0.05, 0) is 0 Å². The molecule has 0 aromatic carbocycles. The largest absolute Gasteiger partial charge is 0.438 e. The Labute approximate surface area is 93.7 Å². The maximum absolute atomic E-state index is 12.5. The number of nitriles is 1. The third-order valence-corrected chi connectivity index (χ3v) is 3.01. The molecule has 16 heavy (non-hydrogen) atoms. The molecule has 0 aliphatic carbocycles. The fourth-order valence-electron chi connectivity index (χ4n) is 1.06. The fourth-order valence-corrected chi connectivity index (χ4v) is 2.19. The van der Waals surface area contributed by atoms with Gasteiger partial charge < -0.3 is 10.8 Å². The van der Waals surface area contributed by atoms with Crippen molar-refractivity contribution in [1.82, 2.24) is 4.90 Å². The first kappa shape index (κ1) is 13.1. The summed E-state index contributed by atoms with van der Waals surface area (Å²) in [5.41, 5.74) is 1.98. The van der Waals surface area contributed by atoms with Crippen LogP contribution in [0.1, 0.15) is 0 Å². The molecule has 0 aromatic rings. The summed E-state index contributed by atoms with van der Waals surface area (Å²) in [5, 5.41) is 17.9. The molecule has 1 fully saturated rings. The van der Waals surface area contributed by atoms with E-state index in [1.165, 1.54) is 6.19 Å². The van der Waals surface area contributed by atoms with E-state index in [4.69, 9.17) is 11.0 Å². The van der Waals surface area contributed by atoms with Crippen LogP contribution >= 0.6 is 11.8 Å².